The summed E-state index contributed by atoms with van der Waals surface area (Å²) >= 11 is 3.53. The molecule has 0 atom stereocenters. The van der Waals surface area contributed by atoms with Crippen LogP contribution >= 0.6 is 15.9 Å². The van der Waals surface area contributed by atoms with Crippen LogP contribution in [0.15, 0.2) is 53.0 Å². The van der Waals surface area contributed by atoms with Crippen molar-refractivity contribution in [3.8, 4) is 5.69 Å². The number of aromatic nitrogens is 2. The number of rotatable bonds is 5. The van der Waals surface area contributed by atoms with Crippen LogP contribution < -0.4 is 0 Å². The largest absolute Gasteiger partial charge is 0.342 e. The predicted molar refractivity (Wildman–Crippen MR) is 131 cm³/mol. The molecule has 2 saturated heterocycles. The molecular weight excluding hydrogens is 482 g/mol. The lowest BCUT2D eigenvalue weighted by molar-refractivity contribution is -0.140. The highest BCUT2D eigenvalue weighted by atomic mass is 79.9. The third kappa shape index (κ3) is 4.68. The van der Waals surface area contributed by atoms with Crippen LogP contribution in [0, 0.1) is 5.92 Å². The number of carbonyl (C=O) groups is 2. The van der Waals surface area contributed by atoms with Gasteiger partial charge in [-0.15, -0.1) is 0 Å². The highest BCUT2D eigenvalue weighted by Gasteiger charge is 2.30. The Morgan fingerprint density at radius 2 is 1.67 bits per heavy atom. The van der Waals surface area contributed by atoms with Gasteiger partial charge in [0.2, 0.25) is 12.3 Å². The number of likely N-dealkylation sites (tertiary alicyclic amines) is 1. The lowest BCUT2D eigenvalue weighted by Crippen LogP contribution is -2.51. The number of amides is 2. The quantitative estimate of drug-likeness (QED) is 0.495. The molecule has 0 unspecified atom stereocenters. The van der Waals surface area contributed by atoms with E-state index in [9.17, 15) is 9.59 Å². The number of halogens is 1. The second-order valence-corrected chi connectivity index (χ2v) is 9.76. The minimum absolute atomic E-state index is 0.0781. The second kappa shape index (κ2) is 9.65. The van der Waals surface area contributed by atoms with Crippen LogP contribution in [-0.4, -0.2) is 75.8 Å². The smallest absolute Gasteiger partial charge is 0.225 e. The molecule has 2 aliphatic heterocycles. The summed E-state index contributed by atoms with van der Waals surface area (Å²) in [4.78, 5) is 34.9. The summed E-state index contributed by atoms with van der Waals surface area (Å²) in [6.45, 7) is 5.09. The summed E-state index contributed by atoms with van der Waals surface area (Å²) in [6, 6.07) is 16.6. The highest BCUT2D eigenvalue weighted by molar-refractivity contribution is 9.10. The summed E-state index contributed by atoms with van der Waals surface area (Å²) in [5.41, 5.74) is 3.20. The van der Waals surface area contributed by atoms with Gasteiger partial charge in [-0.2, -0.15) is 0 Å². The molecule has 0 bridgehead atoms. The standard InChI is InChI=1S/C25H28BrN5O2/c26-20-5-7-21(8-6-20)31-23-4-2-1-3-22(23)27-24(31)17-28-11-9-19(10-12-28)25(33)30-15-13-29(18-32)14-16-30/h1-8,18-19H,9-17H2. The van der Waals surface area contributed by atoms with Gasteiger partial charge in [-0.3, -0.25) is 19.1 Å². The summed E-state index contributed by atoms with van der Waals surface area (Å²) in [5.74, 6) is 1.35. The number of nitrogens with zero attached hydrogens (tertiary/aromatic N) is 5. The number of hydrogen-bond acceptors (Lipinski definition) is 4. The molecule has 0 aliphatic carbocycles. The molecule has 33 heavy (non-hydrogen) atoms. The normalized spacial score (nSPS) is 18.1. The van der Waals surface area contributed by atoms with Crippen LogP contribution in [0.1, 0.15) is 18.7 Å². The van der Waals surface area contributed by atoms with E-state index in [2.05, 4.69) is 67.9 Å². The molecule has 3 heterocycles. The fourth-order valence-corrected chi connectivity index (χ4v) is 5.17. The van der Waals surface area contributed by atoms with E-state index in [4.69, 9.17) is 4.98 Å². The molecule has 0 saturated carbocycles. The van der Waals surface area contributed by atoms with E-state index < -0.39 is 0 Å². The van der Waals surface area contributed by atoms with Crippen molar-refractivity contribution in [3.63, 3.8) is 0 Å². The van der Waals surface area contributed by atoms with Gasteiger partial charge in [-0.25, -0.2) is 4.98 Å². The molecule has 2 aromatic carbocycles. The molecule has 0 spiro atoms. The van der Waals surface area contributed by atoms with Gasteiger partial charge in [0.25, 0.3) is 0 Å². The van der Waals surface area contributed by atoms with Crippen molar-refractivity contribution < 1.29 is 9.59 Å². The number of hydrogen-bond donors (Lipinski definition) is 0. The molecule has 0 N–H and O–H groups in total. The molecule has 5 rings (SSSR count). The first-order chi connectivity index (χ1) is 16.1. The monoisotopic (exact) mass is 509 g/mol. The summed E-state index contributed by atoms with van der Waals surface area (Å²) < 4.78 is 3.29. The zero-order valence-corrected chi connectivity index (χ0v) is 20.2. The van der Waals surface area contributed by atoms with Crippen molar-refractivity contribution in [2.45, 2.75) is 19.4 Å². The SMILES string of the molecule is O=CN1CCN(C(=O)C2CCN(Cc3nc4ccccc4n3-c3ccc(Br)cc3)CC2)CC1. The maximum absolute atomic E-state index is 13.0. The topological polar surface area (TPSA) is 61.7 Å². The summed E-state index contributed by atoms with van der Waals surface area (Å²) in [7, 11) is 0. The third-order valence-corrected chi connectivity index (χ3v) is 7.32. The number of para-hydroxylation sites is 2. The van der Waals surface area contributed by atoms with Gasteiger partial charge in [0, 0.05) is 42.3 Å². The summed E-state index contributed by atoms with van der Waals surface area (Å²) in [6.07, 6.45) is 2.61. The lowest BCUT2D eigenvalue weighted by Gasteiger charge is -2.37. The van der Waals surface area contributed by atoms with E-state index >= 15 is 0 Å². The number of carbonyl (C=O) groups excluding carboxylic acids is 2. The van der Waals surface area contributed by atoms with Crippen LogP contribution in [0.5, 0.6) is 0 Å². The maximum Gasteiger partial charge on any atom is 0.225 e. The number of imidazole rings is 1. The molecule has 0 radical (unpaired) electrons. The first-order valence-electron chi connectivity index (χ1n) is 11.5. The Hall–Kier alpha value is -2.71. The fourth-order valence-electron chi connectivity index (χ4n) is 4.90. The first kappa shape index (κ1) is 22.1. The van der Waals surface area contributed by atoms with Crippen molar-refractivity contribution in [2.24, 2.45) is 5.92 Å². The Balaban J connectivity index is 1.27. The van der Waals surface area contributed by atoms with E-state index in [1.54, 1.807) is 4.90 Å². The lowest BCUT2D eigenvalue weighted by atomic mass is 9.95. The number of piperidine rings is 1. The Morgan fingerprint density at radius 3 is 2.36 bits per heavy atom. The summed E-state index contributed by atoms with van der Waals surface area (Å²) in [5, 5.41) is 0. The van der Waals surface area contributed by atoms with Crippen LogP contribution in [0.4, 0.5) is 0 Å². The number of fused-ring (bicyclic) bond motifs is 1. The van der Waals surface area contributed by atoms with Gasteiger partial charge in [-0.1, -0.05) is 28.1 Å². The zero-order valence-electron chi connectivity index (χ0n) is 18.6. The fraction of sp³-hybridized carbons (Fsp3) is 0.400. The average Bonchev–Trinajstić information content (AvgIpc) is 3.22. The van der Waals surface area contributed by atoms with Gasteiger partial charge >= 0.3 is 0 Å². The number of piperazine rings is 1. The van der Waals surface area contributed by atoms with Crippen molar-refractivity contribution in [1.29, 1.82) is 0 Å². The van der Waals surface area contributed by atoms with Crippen LogP contribution in [0.2, 0.25) is 0 Å². The second-order valence-electron chi connectivity index (χ2n) is 8.85. The van der Waals surface area contributed by atoms with E-state index in [1.807, 2.05) is 11.0 Å². The molecule has 8 heteroatoms. The van der Waals surface area contributed by atoms with Crippen LogP contribution in [0.25, 0.3) is 16.7 Å². The van der Waals surface area contributed by atoms with Crippen molar-refractivity contribution in [3.05, 3.63) is 58.8 Å². The van der Waals surface area contributed by atoms with Gasteiger partial charge in [0.15, 0.2) is 0 Å². The highest BCUT2D eigenvalue weighted by Crippen LogP contribution is 2.26. The third-order valence-electron chi connectivity index (χ3n) is 6.79. The van der Waals surface area contributed by atoms with Crippen molar-refractivity contribution in [1.82, 2.24) is 24.3 Å². The van der Waals surface area contributed by atoms with Crippen molar-refractivity contribution in [2.75, 3.05) is 39.3 Å². The van der Waals surface area contributed by atoms with E-state index in [-0.39, 0.29) is 11.8 Å². The minimum atomic E-state index is 0.0781. The molecule has 2 aliphatic rings. The molecule has 172 valence electrons. The number of benzene rings is 2. The van der Waals surface area contributed by atoms with Gasteiger partial charge in [-0.05, 0) is 62.3 Å². The van der Waals surface area contributed by atoms with E-state index in [0.29, 0.717) is 26.2 Å². The molecule has 3 aromatic rings. The Kier molecular flexibility index (Phi) is 6.46. The first-order valence-corrected chi connectivity index (χ1v) is 12.3. The van der Waals surface area contributed by atoms with Gasteiger partial charge in [0.05, 0.1) is 17.6 Å². The molecule has 2 fully saturated rings. The van der Waals surface area contributed by atoms with Crippen LogP contribution in [-0.2, 0) is 16.1 Å². The van der Waals surface area contributed by atoms with E-state index in [1.165, 1.54) is 0 Å². The molecule has 2 amide bonds. The Bertz CT molecular complexity index is 1130. The Morgan fingerprint density at radius 1 is 0.970 bits per heavy atom. The molecular formula is C25H28BrN5O2. The maximum atomic E-state index is 13.0. The van der Waals surface area contributed by atoms with E-state index in [0.717, 1.165) is 65.9 Å². The average molecular weight is 510 g/mol. The Labute approximate surface area is 202 Å². The van der Waals surface area contributed by atoms with Gasteiger partial charge in [0.1, 0.15) is 5.82 Å². The molecule has 7 nitrogen and oxygen atoms in total. The minimum Gasteiger partial charge on any atom is -0.342 e. The van der Waals surface area contributed by atoms with Gasteiger partial charge < -0.3 is 9.80 Å². The van der Waals surface area contributed by atoms with Crippen molar-refractivity contribution >= 4 is 39.3 Å². The zero-order chi connectivity index (χ0) is 22.8. The predicted octanol–water partition coefficient (Wildman–Crippen LogP) is 3.30. The molecule has 1 aromatic heterocycles. The van der Waals surface area contributed by atoms with Crippen LogP contribution in [0.3, 0.4) is 0 Å².